The summed E-state index contributed by atoms with van der Waals surface area (Å²) in [6.07, 6.45) is 3.66. The van der Waals surface area contributed by atoms with E-state index in [1.165, 1.54) is 20.9 Å². The summed E-state index contributed by atoms with van der Waals surface area (Å²) in [5.74, 6) is 0. The van der Waals surface area contributed by atoms with E-state index in [0.29, 0.717) is 17.8 Å². The maximum Gasteiger partial charge on any atom is 0.435 e. The van der Waals surface area contributed by atoms with Crippen LogP contribution in [0.5, 0.6) is 0 Å². The van der Waals surface area contributed by atoms with Crippen molar-refractivity contribution in [2.45, 2.75) is 30.5 Å². The number of hydrogen-bond donors (Lipinski definition) is 1. The van der Waals surface area contributed by atoms with Gasteiger partial charge in [0.05, 0.1) is 16.3 Å². The zero-order valence-corrected chi connectivity index (χ0v) is 18.7. The Labute approximate surface area is 185 Å². The third-order valence-corrected chi connectivity index (χ3v) is 7.89. The van der Waals surface area contributed by atoms with Crippen molar-refractivity contribution >= 4 is 32.9 Å². The van der Waals surface area contributed by atoms with E-state index in [1.807, 2.05) is 37.3 Å². The highest BCUT2D eigenvalue weighted by molar-refractivity contribution is 8.14. The van der Waals surface area contributed by atoms with Crippen LogP contribution in [-0.4, -0.2) is 27.4 Å². The number of rotatable bonds is 4. The molecule has 31 heavy (non-hydrogen) atoms. The Kier molecular flexibility index (Phi) is 6.05. The number of alkyl halides is 3. The molecule has 1 unspecified atom stereocenters. The second-order valence-corrected chi connectivity index (χ2v) is 10.3. The quantitative estimate of drug-likeness (QED) is 0.451. The lowest BCUT2D eigenvalue weighted by molar-refractivity contribution is -0.141. The van der Waals surface area contributed by atoms with Gasteiger partial charge in [-0.2, -0.15) is 28.8 Å². The van der Waals surface area contributed by atoms with Gasteiger partial charge in [0.25, 0.3) is 0 Å². The van der Waals surface area contributed by atoms with Crippen LogP contribution in [0.25, 0.3) is 26.7 Å². The van der Waals surface area contributed by atoms with Crippen LogP contribution in [0.3, 0.4) is 0 Å². The molecule has 0 spiro atoms. The molecular weight excluding hydrogens is 439 g/mol. The minimum absolute atomic E-state index is 0.0428. The van der Waals surface area contributed by atoms with E-state index < -0.39 is 11.9 Å². The summed E-state index contributed by atoms with van der Waals surface area (Å²) in [5, 5.41) is 6.03. The van der Waals surface area contributed by atoms with E-state index in [9.17, 15) is 13.2 Å². The molecule has 162 valence electrons. The summed E-state index contributed by atoms with van der Waals surface area (Å²) in [6.45, 7) is 2.04. The van der Waals surface area contributed by atoms with Crippen molar-refractivity contribution < 1.29 is 13.2 Å². The van der Waals surface area contributed by atoms with Crippen molar-refractivity contribution in [1.82, 2.24) is 9.78 Å². The topological polar surface area (TPSA) is 43.8 Å². The van der Waals surface area contributed by atoms with Gasteiger partial charge < -0.3 is 5.73 Å². The average Bonchev–Trinajstić information content (AvgIpc) is 3.40. The number of hydrogen-bond acceptors (Lipinski definition) is 3. The van der Waals surface area contributed by atoms with Crippen LogP contribution < -0.4 is 5.73 Å². The molecule has 8 heteroatoms. The zero-order chi connectivity index (χ0) is 22.2. The van der Waals surface area contributed by atoms with Gasteiger partial charge in [-0.1, -0.05) is 23.6 Å². The van der Waals surface area contributed by atoms with E-state index in [2.05, 4.69) is 28.9 Å². The van der Waals surface area contributed by atoms with Crippen molar-refractivity contribution in [3.63, 3.8) is 0 Å². The molecule has 0 radical (unpaired) electrons. The van der Waals surface area contributed by atoms with Gasteiger partial charge in [0.2, 0.25) is 0 Å². The van der Waals surface area contributed by atoms with Crippen LogP contribution in [0.15, 0.2) is 65.6 Å². The first-order chi connectivity index (χ1) is 14.8. The van der Waals surface area contributed by atoms with Crippen LogP contribution in [0.4, 0.5) is 13.2 Å². The van der Waals surface area contributed by atoms with Crippen molar-refractivity contribution in [1.29, 1.82) is 0 Å². The van der Waals surface area contributed by atoms with Gasteiger partial charge in [0.15, 0.2) is 5.69 Å². The zero-order valence-electron chi connectivity index (χ0n) is 17.1. The molecule has 0 saturated heterocycles. The molecule has 0 amide bonds. The first-order valence-electron chi connectivity index (χ1n) is 9.72. The third kappa shape index (κ3) is 4.61. The van der Waals surface area contributed by atoms with Gasteiger partial charge in [-0.15, -0.1) is 11.3 Å². The van der Waals surface area contributed by atoms with Gasteiger partial charge in [-0.3, -0.25) is 0 Å². The molecule has 0 bridgehead atoms. The lowest BCUT2D eigenvalue weighted by Gasteiger charge is -2.14. The lowest BCUT2D eigenvalue weighted by atomic mass is 10.1. The SMILES string of the molecule is C/C=S(/C)c1cccc(-c2ccc(-c3cc(C(F)(F)F)nn3C3=C[C@H](N)CC=C3)s2)c1. The number of nitrogens with zero attached hydrogens (tertiary/aromatic N) is 2. The van der Waals surface area contributed by atoms with Gasteiger partial charge >= 0.3 is 6.18 Å². The molecule has 4 rings (SSSR count). The molecule has 2 aromatic heterocycles. The predicted molar refractivity (Wildman–Crippen MR) is 126 cm³/mol. The normalized spacial score (nSPS) is 17.7. The Morgan fingerprint density at radius 3 is 2.68 bits per heavy atom. The molecule has 0 aliphatic heterocycles. The van der Waals surface area contributed by atoms with Crippen molar-refractivity contribution in [3.8, 4) is 21.0 Å². The number of allylic oxidation sites excluding steroid dienone is 2. The highest BCUT2D eigenvalue weighted by Gasteiger charge is 2.35. The van der Waals surface area contributed by atoms with Crippen molar-refractivity contribution in [3.05, 3.63) is 66.4 Å². The summed E-state index contributed by atoms with van der Waals surface area (Å²) in [6, 6.07) is 12.9. The standard InChI is InChI=1S/C23H22F3N3S2/c1-3-31(2)18-9-4-6-15(12-18)20-10-11-21(30-20)19-14-22(23(24,25)26)28-29(19)17-8-5-7-16(27)13-17/h3-6,8-14,16H,7,27H2,1-2H3/t16-,31?/m1/s1. The summed E-state index contributed by atoms with van der Waals surface area (Å²) >= 11 is 1.45. The molecule has 0 saturated carbocycles. The second-order valence-electron chi connectivity index (χ2n) is 7.20. The van der Waals surface area contributed by atoms with Gasteiger partial charge in [0, 0.05) is 15.8 Å². The largest absolute Gasteiger partial charge is 0.435 e. The van der Waals surface area contributed by atoms with Crippen molar-refractivity contribution in [2.75, 3.05) is 6.26 Å². The van der Waals surface area contributed by atoms with Crippen molar-refractivity contribution in [2.24, 2.45) is 5.73 Å². The van der Waals surface area contributed by atoms with Gasteiger partial charge in [0.1, 0.15) is 0 Å². The number of benzene rings is 1. The van der Waals surface area contributed by atoms with E-state index in [-0.39, 0.29) is 16.5 Å². The van der Waals surface area contributed by atoms with E-state index in [4.69, 9.17) is 5.73 Å². The first-order valence-corrected chi connectivity index (χ1v) is 12.2. The Hall–Kier alpha value is -2.42. The minimum Gasteiger partial charge on any atom is -0.324 e. The summed E-state index contributed by atoms with van der Waals surface area (Å²) in [4.78, 5) is 2.94. The molecule has 1 aliphatic carbocycles. The fourth-order valence-corrected chi connectivity index (χ4v) is 5.22. The molecule has 0 fully saturated rings. The smallest absolute Gasteiger partial charge is 0.324 e. The fraction of sp³-hybridized carbons (Fsp3) is 0.217. The van der Waals surface area contributed by atoms with Gasteiger partial charge in [-0.05, 0) is 67.6 Å². The molecule has 1 aromatic carbocycles. The molecular formula is C23H22F3N3S2. The highest BCUT2D eigenvalue weighted by Crippen LogP contribution is 2.39. The second kappa shape index (κ2) is 8.61. The Bertz CT molecular complexity index is 1200. The van der Waals surface area contributed by atoms with Crippen LogP contribution >= 0.6 is 21.8 Å². The van der Waals surface area contributed by atoms with E-state index in [0.717, 1.165) is 21.4 Å². The Morgan fingerprint density at radius 1 is 1.19 bits per heavy atom. The third-order valence-electron chi connectivity index (χ3n) is 5.03. The first kappa shape index (κ1) is 21.8. The highest BCUT2D eigenvalue weighted by atomic mass is 32.2. The molecule has 3 aromatic rings. The Balaban J connectivity index is 1.78. The molecule has 1 aliphatic rings. The predicted octanol–water partition coefficient (Wildman–Crippen LogP) is 6.51. The van der Waals surface area contributed by atoms with E-state index in [1.54, 1.807) is 12.2 Å². The molecule has 3 nitrogen and oxygen atoms in total. The number of aromatic nitrogens is 2. The fourth-order valence-electron chi connectivity index (χ4n) is 3.34. The average molecular weight is 462 g/mol. The lowest BCUT2D eigenvalue weighted by Crippen LogP contribution is -2.19. The van der Waals surface area contributed by atoms with Crippen LogP contribution in [0.2, 0.25) is 0 Å². The summed E-state index contributed by atoms with van der Waals surface area (Å²) in [7, 11) is 0.0428. The minimum atomic E-state index is -4.52. The number of nitrogens with two attached hydrogens (primary N) is 1. The summed E-state index contributed by atoms with van der Waals surface area (Å²) < 4.78 is 41.6. The number of thiophene rings is 1. The van der Waals surface area contributed by atoms with Gasteiger partial charge in [-0.25, -0.2) is 4.68 Å². The maximum absolute atomic E-state index is 13.4. The molecule has 2 N–H and O–H groups in total. The maximum atomic E-state index is 13.4. The summed E-state index contributed by atoms with van der Waals surface area (Å²) in [5.41, 5.74) is 7.08. The monoisotopic (exact) mass is 461 g/mol. The molecule has 2 heterocycles. The van der Waals surface area contributed by atoms with Crippen LogP contribution in [0, 0.1) is 0 Å². The molecule has 2 atom stereocenters. The Morgan fingerprint density at radius 2 is 1.97 bits per heavy atom. The van der Waals surface area contributed by atoms with E-state index >= 15 is 0 Å². The van der Waals surface area contributed by atoms with Crippen LogP contribution in [0.1, 0.15) is 19.0 Å². The number of halogens is 3. The van der Waals surface area contributed by atoms with Crippen LogP contribution in [-0.2, 0) is 6.18 Å².